The lowest BCUT2D eigenvalue weighted by molar-refractivity contribution is -0.385. The van der Waals surface area contributed by atoms with Gasteiger partial charge in [-0.05, 0) is 18.9 Å². The minimum Gasteiger partial charge on any atom is -0.388 e. The first kappa shape index (κ1) is 13.7. The Kier molecular flexibility index (Phi) is 3.99. The zero-order valence-electron chi connectivity index (χ0n) is 10.6. The lowest BCUT2D eigenvalue weighted by Crippen LogP contribution is -2.38. The monoisotopic (exact) mass is 268 g/mol. The van der Waals surface area contributed by atoms with E-state index in [-0.39, 0.29) is 12.2 Å². The van der Waals surface area contributed by atoms with Crippen molar-refractivity contribution in [3.63, 3.8) is 0 Å². The van der Waals surface area contributed by atoms with Gasteiger partial charge in [-0.25, -0.2) is 4.39 Å². The van der Waals surface area contributed by atoms with E-state index in [1.54, 1.807) is 0 Å². The number of nitro groups is 1. The lowest BCUT2D eigenvalue weighted by Gasteiger charge is -2.32. The van der Waals surface area contributed by atoms with Crippen molar-refractivity contribution in [1.29, 1.82) is 0 Å². The number of halogens is 1. The number of aliphatic hydroxyl groups is 1. The molecule has 6 heteroatoms. The maximum Gasteiger partial charge on any atom is 0.274 e. The molecular weight excluding hydrogens is 251 g/mol. The predicted molar refractivity (Wildman–Crippen MR) is 69.6 cm³/mol. The normalized spacial score (nSPS) is 18.0. The van der Waals surface area contributed by atoms with E-state index in [9.17, 15) is 19.6 Å². The molecule has 1 aliphatic carbocycles. The first-order valence-corrected chi connectivity index (χ1v) is 6.40. The van der Waals surface area contributed by atoms with Gasteiger partial charge in [0, 0.05) is 18.3 Å². The molecule has 0 radical (unpaired) electrons. The van der Waals surface area contributed by atoms with E-state index < -0.39 is 16.3 Å². The highest BCUT2D eigenvalue weighted by Gasteiger charge is 2.28. The number of hydrogen-bond donors (Lipinski definition) is 2. The summed E-state index contributed by atoms with van der Waals surface area (Å²) in [6.45, 7) is 0.285. The van der Waals surface area contributed by atoms with Crippen LogP contribution in [0.4, 0.5) is 15.8 Å². The summed E-state index contributed by atoms with van der Waals surface area (Å²) in [5.41, 5.74) is -0.761. The van der Waals surface area contributed by atoms with Crippen LogP contribution in [0.2, 0.25) is 0 Å². The van der Waals surface area contributed by atoms with Gasteiger partial charge in [-0.2, -0.15) is 0 Å². The molecule has 0 aliphatic heterocycles. The number of rotatable bonds is 4. The summed E-state index contributed by atoms with van der Waals surface area (Å²) in [6, 6.07) is 3.34. The fourth-order valence-electron chi connectivity index (χ4n) is 2.43. The van der Waals surface area contributed by atoms with E-state index in [2.05, 4.69) is 5.32 Å². The molecule has 2 rings (SSSR count). The van der Waals surface area contributed by atoms with Crippen LogP contribution in [0.3, 0.4) is 0 Å². The van der Waals surface area contributed by atoms with Crippen LogP contribution in [0.1, 0.15) is 32.1 Å². The van der Waals surface area contributed by atoms with E-state index in [1.807, 2.05) is 0 Å². The van der Waals surface area contributed by atoms with Gasteiger partial charge in [0.2, 0.25) is 0 Å². The standard InChI is InChI=1S/C13H17FN2O3/c14-10-6-11(8-12(7-10)16(18)19)15-9-13(17)4-2-1-3-5-13/h6-8,15,17H,1-5,9H2. The van der Waals surface area contributed by atoms with Crippen LogP contribution in [-0.2, 0) is 0 Å². The van der Waals surface area contributed by atoms with Crippen LogP contribution >= 0.6 is 0 Å². The molecule has 1 aliphatic rings. The molecule has 0 saturated heterocycles. The third-order valence-electron chi connectivity index (χ3n) is 3.50. The molecule has 0 bridgehead atoms. The molecule has 1 aromatic rings. The van der Waals surface area contributed by atoms with E-state index in [0.717, 1.165) is 25.3 Å². The van der Waals surface area contributed by atoms with Crippen molar-refractivity contribution in [2.24, 2.45) is 0 Å². The summed E-state index contributed by atoms with van der Waals surface area (Å²) in [5, 5.41) is 23.8. The minimum atomic E-state index is -0.792. The highest BCUT2D eigenvalue weighted by atomic mass is 19.1. The quantitative estimate of drug-likeness (QED) is 0.650. The van der Waals surface area contributed by atoms with Gasteiger partial charge in [0.15, 0.2) is 0 Å². The number of non-ortho nitro benzene ring substituents is 1. The number of anilines is 1. The smallest absolute Gasteiger partial charge is 0.274 e. The Bertz CT molecular complexity index is 473. The summed E-state index contributed by atoms with van der Waals surface area (Å²) >= 11 is 0. The molecule has 0 amide bonds. The van der Waals surface area contributed by atoms with Crippen molar-refractivity contribution in [3.05, 3.63) is 34.1 Å². The first-order valence-electron chi connectivity index (χ1n) is 6.40. The lowest BCUT2D eigenvalue weighted by atomic mass is 9.85. The van der Waals surface area contributed by atoms with Crippen LogP contribution in [0.15, 0.2) is 18.2 Å². The number of nitrogens with one attached hydrogen (secondary N) is 1. The molecule has 0 aromatic heterocycles. The summed E-state index contributed by atoms with van der Waals surface area (Å²) < 4.78 is 13.2. The molecule has 5 nitrogen and oxygen atoms in total. The van der Waals surface area contributed by atoms with Gasteiger partial charge in [0.1, 0.15) is 5.82 Å². The Morgan fingerprint density at radius 1 is 1.32 bits per heavy atom. The van der Waals surface area contributed by atoms with Crippen LogP contribution in [0.5, 0.6) is 0 Å². The topological polar surface area (TPSA) is 75.4 Å². The fraction of sp³-hybridized carbons (Fsp3) is 0.538. The molecule has 0 heterocycles. The SMILES string of the molecule is O=[N+]([O-])c1cc(F)cc(NCC2(O)CCCCC2)c1. The minimum absolute atomic E-state index is 0.285. The van der Waals surface area contributed by atoms with E-state index in [4.69, 9.17) is 0 Å². The molecule has 1 aromatic carbocycles. The number of nitrogens with zero attached hydrogens (tertiary/aromatic N) is 1. The van der Waals surface area contributed by atoms with Gasteiger partial charge in [-0.3, -0.25) is 10.1 Å². The molecule has 19 heavy (non-hydrogen) atoms. The van der Waals surface area contributed by atoms with Gasteiger partial charge in [0.05, 0.1) is 16.6 Å². The van der Waals surface area contributed by atoms with Gasteiger partial charge in [-0.1, -0.05) is 19.3 Å². The molecule has 2 N–H and O–H groups in total. The molecule has 104 valence electrons. The number of nitro benzene ring substituents is 1. The third kappa shape index (κ3) is 3.64. The van der Waals surface area contributed by atoms with Crippen molar-refractivity contribution in [1.82, 2.24) is 0 Å². The third-order valence-corrected chi connectivity index (χ3v) is 3.50. The van der Waals surface area contributed by atoms with Crippen LogP contribution in [0.25, 0.3) is 0 Å². The van der Waals surface area contributed by atoms with Gasteiger partial charge in [-0.15, -0.1) is 0 Å². The van der Waals surface area contributed by atoms with Crippen LogP contribution < -0.4 is 5.32 Å². The second kappa shape index (κ2) is 5.52. The van der Waals surface area contributed by atoms with E-state index in [0.29, 0.717) is 18.5 Å². The van der Waals surface area contributed by atoms with Crippen molar-refractivity contribution < 1.29 is 14.4 Å². The molecule has 0 atom stereocenters. The Labute approximate surface area is 110 Å². The van der Waals surface area contributed by atoms with Crippen LogP contribution in [0, 0.1) is 15.9 Å². The van der Waals surface area contributed by atoms with Gasteiger partial charge < -0.3 is 10.4 Å². The first-order chi connectivity index (χ1) is 8.98. The highest BCUT2D eigenvalue weighted by molar-refractivity contribution is 5.51. The molecule has 1 saturated carbocycles. The summed E-state index contributed by atoms with van der Waals surface area (Å²) in [4.78, 5) is 10.0. The fourth-order valence-corrected chi connectivity index (χ4v) is 2.43. The Morgan fingerprint density at radius 3 is 2.63 bits per heavy atom. The van der Waals surface area contributed by atoms with E-state index in [1.165, 1.54) is 12.1 Å². The second-order valence-corrected chi connectivity index (χ2v) is 5.09. The summed E-state index contributed by atoms with van der Waals surface area (Å²) in [5.74, 6) is -0.660. The maximum atomic E-state index is 13.2. The maximum absolute atomic E-state index is 13.2. The van der Waals surface area contributed by atoms with Crippen molar-refractivity contribution >= 4 is 11.4 Å². The van der Waals surface area contributed by atoms with Crippen molar-refractivity contribution in [2.45, 2.75) is 37.7 Å². The molecule has 0 unspecified atom stereocenters. The number of hydrogen-bond acceptors (Lipinski definition) is 4. The summed E-state index contributed by atoms with van der Waals surface area (Å²) in [7, 11) is 0. The average molecular weight is 268 g/mol. The van der Waals surface area contributed by atoms with Gasteiger partial charge >= 0.3 is 0 Å². The van der Waals surface area contributed by atoms with Crippen molar-refractivity contribution in [3.8, 4) is 0 Å². The molecule has 1 fully saturated rings. The Balaban J connectivity index is 2.04. The summed E-state index contributed by atoms with van der Waals surface area (Å²) in [6.07, 6.45) is 4.48. The zero-order valence-corrected chi connectivity index (χ0v) is 10.6. The second-order valence-electron chi connectivity index (χ2n) is 5.09. The van der Waals surface area contributed by atoms with Gasteiger partial charge in [0.25, 0.3) is 5.69 Å². The Morgan fingerprint density at radius 2 is 2.00 bits per heavy atom. The average Bonchev–Trinajstić information content (AvgIpc) is 2.37. The number of benzene rings is 1. The zero-order chi connectivity index (χ0) is 13.9. The van der Waals surface area contributed by atoms with Crippen LogP contribution in [-0.4, -0.2) is 22.2 Å². The predicted octanol–water partition coefficient (Wildman–Crippen LogP) is 2.84. The molecule has 0 spiro atoms. The van der Waals surface area contributed by atoms with Crippen molar-refractivity contribution in [2.75, 3.05) is 11.9 Å². The van der Waals surface area contributed by atoms with E-state index >= 15 is 0 Å². The highest BCUT2D eigenvalue weighted by Crippen LogP contribution is 2.29. The largest absolute Gasteiger partial charge is 0.388 e. The molecular formula is C13H17FN2O3. The Hall–Kier alpha value is -1.69.